The summed E-state index contributed by atoms with van der Waals surface area (Å²) in [5.74, 6) is -2.98. The summed E-state index contributed by atoms with van der Waals surface area (Å²) < 4.78 is 19.1. The molecule has 14 nitrogen and oxygen atoms in total. The second-order valence-electron chi connectivity index (χ2n) is 9.34. The summed E-state index contributed by atoms with van der Waals surface area (Å²) in [6.07, 6.45) is 2.13. The van der Waals surface area contributed by atoms with Crippen LogP contribution in [0, 0.1) is 11.2 Å². The van der Waals surface area contributed by atoms with Gasteiger partial charge in [-0.15, -0.1) is 0 Å². The molecule has 4 aromatic rings. The predicted octanol–water partition coefficient (Wildman–Crippen LogP) is 6.42. The summed E-state index contributed by atoms with van der Waals surface area (Å²) in [5.41, 5.74) is 16.5. The Balaban J connectivity index is 1.33. The zero-order chi connectivity index (χ0) is 30.6. The predicted molar refractivity (Wildman–Crippen MR) is 151 cm³/mol. The first-order valence-electron chi connectivity index (χ1n) is 12.5. The SMILES string of the molecule is [N-]=[N+]=NC(=O)c1cc2nccc(Oc3ccc(NC(=O)C4(C(=O)Nc5ccc(F)cc5)CC4)cc3)c2cc1C(=O)N=[N+]=[N-]. The van der Waals surface area contributed by atoms with Gasteiger partial charge in [0.05, 0.1) is 5.52 Å². The average Bonchev–Trinajstić information content (AvgIpc) is 3.82. The molecule has 0 aliphatic heterocycles. The van der Waals surface area contributed by atoms with E-state index in [4.69, 9.17) is 15.8 Å². The Kier molecular flexibility index (Phi) is 7.66. The van der Waals surface area contributed by atoms with Gasteiger partial charge in [-0.3, -0.25) is 24.2 Å². The Morgan fingerprint density at radius 2 is 1.35 bits per heavy atom. The van der Waals surface area contributed by atoms with Gasteiger partial charge in [-0.1, -0.05) is 0 Å². The molecular weight excluding hydrogens is 561 g/mol. The Morgan fingerprint density at radius 1 is 0.814 bits per heavy atom. The van der Waals surface area contributed by atoms with E-state index in [-0.39, 0.29) is 27.8 Å². The van der Waals surface area contributed by atoms with E-state index in [0.717, 1.165) is 0 Å². The molecule has 0 radical (unpaired) electrons. The van der Waals surface area contributed by atoms with E-state index in [2.05, 4.69) is 35.7 Å². The van der Waals surface area contributed by atoms with Crippen LogP contribution in [-0.4, -0.2) is 28.6 Å². The molecule has 2 N–H and O–H groups in total. The topological polar surface area (TPSA) is 212 Å². The Labute approximate surface area is 240 Å². The molecule has 3 aromatic carbocycles. The molecule has 5 rings (SSSR count). The number of ether oxygens (including phenoxy) is 1. The van der Waals surface area contributed by atoms with Gasteiger partial charge in [0.2, 0.25) is 23.6 Å². The van der Waals surface area contributed by atoms with Gasteiger partial charge in [-0.05, 0) is 101 Å². The van der Waals surface area contributed by atoms with Gasteiger partial charge < -0.3 is 15.4 Å². The molecule has 0 saturated heterocycles. The normalized spacial score (nSPS) is 12.7. The Bertz CT molecular complexity index is 1890. The molecule has 15 heteroatoms. The molecule has 0 bridgehead atoms. The number of carbonyl (C=O) groups excluding carboxylic acids is 4. The highest BCUT2D eigenvalue weighted by molar-refractivity contribution is 6.17. The van der Waals surface area contributed by atoms with Crippen molar-refractivity contribution in [3.8, 4) is 11.5 Å². The van der Waals surface area contributed by atoms with Crippen molar-refractivity contribution in [2.75, 3.05) is 10.6 Å². The van der Waals surface area contributed by atoms with Gasteiger partial charge in [0.15, 0.2) is 0 Å². The number of rotatable bonds is 8. The molecule has 0 unspecified atom stereocenters. The summed E-state index contributed by atoms with van der Waals surface area (Å²) in [6, 6.07) is 15.5. The van der Waals surface area contributed by atoms with E-state index in [9.17, 15) is 23.6 Å². The van der Waals surface area contributed by atoms with Gasteiger partial charge in [-0.25, -0.2) is 4.39 Å². The Hall–Kier alpha value is -6.30. The van der Waals surface area contributed by atoms with Crippen molar-refractivity contribution in [3.63, 3.8) is 0 Å². The third-order valence-electron chi connectivity index (χ3n) is 6.63. The van der Waals surface area contributed by atoms with Crippen molar-refractivity contribution in [1.29, 1.82) is 0 Å². The summed E-state index contributed by atoms with van der Waals surface area (Å²) >= 11 is 0. The zero-order valence-corrected chi connectivity index (χ0v) is 21.9. The first kappa shape index (κ1) is 28.2. The standard InChI is InChI=1S/C28H18FN9O5/c29-15-1-3-16(4-2-15)33-26(41)28(10-11-28)27(42)34-17-5-7-18(8-6-17)43-23-9-12-32-22-14-20(25(40)36-38-31)19(13-21(22)23)24(39)35-37-30/h1-9,12-14H,10-11H2,(H,33,41)(H,34,42). The maximum absolute atomic E-state index is 13.2. The third-order valence-corrected chi connectivity index (χ3v) is 6.63. The molecule has 212 valence electrons. The molecule has 1 heterocycles. The highest BCUT2D eigenvalue weighted by Gasteiger charge is 2.56. The van der Waals surface area contributed by atoms with Crippen LogP contribution in [0.25, 0.3) is 31.8 Å². The molecule has 0 spiro atoms. The van der Waals surface area contributed by atoms with Crippen LogP contribution in [0.15, 0.2) is 83.2 Å². The third kappa shape index (κ3) is 5.93. The number of pyridine rings is 1. The number of amides is 4. The molecule has 1 aliphatic carbocycles. The summed E-state index contributed by atoms with van der Waals surface area (Å²) in [5, 5.41) is 11.7. The first-order chi connectivity index (χ1) is 20.7. The minimum absolute atomic E-state index is 0.226. The number of benzene rings is 3. The highest BCUT2D eigenvalue weighted by atomic mass is 19.1. The van der Waals surface area contributed by atoms with E-state index in [1.807, 2.05) is 0 Å². The number of azide groups is 2. The van der Waals surface area contributed by atoms with Crippen LogP contribution in [0.5, 0.6) is 11.5 Å². The number of aromatic nitrogens is 1. The molecule has 43 heavy (non-hydrogen) atoms. The summed E-state index contributed by atoms with van der Waals surface area (Å²) in [6.45, 7) is 0. The lowest BCUT2D eigenvalue weighted by atomic mass is 10.0. The van der Waals surface area contributed by atoms with Crippen molar-refractivity contribution >= 4 is 45.9 Å². The van der Waals surface area contributed by atoms with Crippen LogP contribution in [0.1, 0.15) is 33.6 Å². The van der Waals surface area contributed by atoms with E-state index in [1.165, 1.54) is 48.7 Å². The van der Waals surface area contributed by atoms with E-state index in [0.29, 0.717) is 30.0 Å². The number of nitrogens with one attached hydrogen (secondary N) is 2. The molecule has 1 aromatic heterocycles. The quantitative estimate of drug-likeness (QED) is 0.104. The largest absolute Gasteiger partial charge is 0.457 e. The molecular formula is C28H18FN9O5. The van der Waals surface area contributed by atoms with Crippen molar-refractivity contribution in [2.24, 2.45) is 15.6 Å². The van der Waals surface area contributed by atoms with Gasteiger partial charge in [0, 0.05) is 43.9 Å². The van der Waals surface area contributed by atoms with Crippen LogP contribution in [0.3, 0.4) is 0 Å². The smallest absolute Gasteiger partial charge is 0.249 e. The number of anilines is 2. The maximum Gasteiger partial charge on any atom is 0.249 e. The van der Waals surface area contributed by atoms with E-state index >= 15 is 0 Å². The first-order valence-corrected chi connectivity index (χ1v) is 12.5. The monoisotopic (exact) mass is 579 g/mol. The van der Waals surface area contributed by atoms with Gasteiger partial charge in [-0.2, -0.15) is 0 Å². The van der Waals surface area contributed by atoms with Crippen LogP contribution < -0.4 is 15.4 Å². The summed E-state index contributed by atoms with van der Waals surface area (Å²) in [4.78, 5) is 59.5. The molecule has 1 aliphatic rings. The zero-order valence-electron chi connectivity index (χ0n) is 21.9. The van der Waals surface area contributed by atoms with Gasteiger partial charge in [0.25, 0.3) is 0 Å². The van der Waals surface area contributed by atoms with Crippen LogP contribution in [-0.2, 0) is 9.59 Å². The van der Waals surface area contributed by atoms with E-state index < -0.39 is 34.9 Å². The van der Waals surface area contributed by atoms with Crippen molar-refractivity contribution < 1.29 is 28.3 Å². The van der Waals surface area contributed by atoms with Gasteiger partial charge in [0.1, 0.15) is 22.7 Å². The molecule has 1 saturated carbocycles. The van der Waals surface area contributed by atoms with Gasteiger partial charge >= 0.3 is 0 Å². The highest BCUT2D eigenvalue weighted by Crippen LogP contribution is 2.47. The number of hydrogen-bond acceptors (Lipinski definition) is 6. The van der Waals surface area contributed by atoms with Crippen molar-refractivity contribution in [2.45, 2.75) is 12.8 Å². The lowest BCUT2D eigenvalue weighted by Crippen LogP contribution is -2.35. The fraction of sp³-hybridized carbons (Fsp3) is 0.107. The number of halogens is 1. The maximum atomic E-state index is 13.2. The second kappa shape index (κ2) is 11.7. The number of nitrogens with zero attached hydrogens (tertiary/aromatic N) is 7. The van der Waals surface area contributed by atoms with Crippen LogP contribution >= 0.6 is 0 Å². The van der Waals surface area contributed by atoms with Crippen molar-refractivity contribution in [1.82, 2.24) is 4.98 Å². The minimum atomic E-state index is -1.23. The number of hydrogen-bond donors (Lipinski definition) is 2. The number of carbonyl (C=O) groups is 4. The fourth-order valence-corrected chi connectivity index (χ4v) is 4.25. The number of fused-ring (bicyclic) bond motifs is 1. The fourth-order valence-electron chi connectivity index (χ4n) is 4.25. The Morgan fingerprint density at radius 3 is 1.88 bits per heavy atom. The second-order valence-corrected chi connectivity index (χ2v) is 9.34. The minimum Gasteiger partial charge on any atom is -0.457 e. The lowest BCUT2D eigenvalue weighted by molar-refractivity contribution is -0.131. The van der Waals surface area contributed by atoms with Crippen molar-refractivity contribution in [3.05, 3.63) is 111 Å². The molecule has 1 fully saturated rings. The lowest BCUT2D eigenvalue weighted by Gasteiger charge is -2.16. The van der Waals surface area contributed by atoms with Crippen LogP contribution in [0.4, 0.5) is 15.8 Å². The van der Waals surface area contributed by atoms with Crippen LogP contribution in [0.2, 0.25) is 0 Å². The average molecular weight is 580 g/mol. The molecule has 4 amide bonds. The van der Waals surface area contributed by atoms with E-state index in [1.54, 1.807) is 24.3 Å². The molecule has 0 atom stereocenters. The summed E-state index contributed by atoms with van der Waals surface area (Å²) in [7, 11) is 0.